The number of ether oxygens (including phenoxy) is 3. The Kier molecular flexibility index (Phi) is 8.66. The first-order valence-electron chi connectivity index (χ1n) is 7.29. The van der Waals surface area contributed by atoms with Crippen LogP contribution in [-0.4, -0.2) is 37.2 Å². The maximum Gasteiger partial charge on any atom is 0.312 e. The topological polar surface area (TPSA) is 78.9 Å². The molecule has 0 saturated heterocycles. The number of carbonyl (C=O) groups is 3. The summed E-state index contributed by atoms with van der Waals surface area (Å²) in [6.45, 7) is 8.08. The Balaban J connectivity index is 4.79. The van der Waals surface area contributed by atoms with Gasteiger partial charge in [-0.15, -0.1) is 0 Å². The van der Waals surface area contributed by atoms with Gasteiger partial charge in [0.15, 0.2) is 6.10 Å². The summed E-state index contributed by atoms with van der Waals surface area (Å²) in [4.78, 5) is 34.1. The predicted octanol–water partition coefficient (Wildman–Crippen LogP) is 2.24. The lowest BCUT2D eigenvalue weighted by atomic mass is 9.80. The minimum atomic E-state index is -0.783. The first-order valence-corrected chi connectivity index (χ1v) is 7.29. The van der Waals surface area contributed by atoms with Crippen LogP contribution >= 0.6 is 0 Å². The highest BCUT2D eigenvalue weighted by Gasteiger charge is 2.36. The molecule has 6 heteroatoms. The molecular formula is C15H26O6. The van der Waals surface area contributed by atoms with E-state index in [1.165, 1.54) is 13.8 Å². The zero-order valence-corrected chi connectivity index (χ0v) is 13.6. The molecule has 0 amide bonds. The molecule has 0 heterocycles. The number of carbonyl (C=O) groups excluding carboxylic acids is 3. The molecule has 0 unspecified atom stereocenters. The van der Waals surface area contributed by atoms with Gasteiger partial charge in [-0.3, -0.25) is 14.4 Å². The van der Waals surface area contributed by atoms with E-state index in [1.54, 1.807) is 0 Å². The molecule has 0 N–H and O–H groups in total. The van der Waals surface area contributed by atoms with E-state index in [0.717, 1.165) is 0 Å². The Labute approximate surface area is 126 Å². The van der Waals surface area contributed by atoms with E-state index in [4.69, 9.17) is 14.2 Å². The van der Waals surface area contributed by atoms with Crippen LogP contribution in [0.15, 0.2) is 0 Å². The van der Waals surface area contributed by atoms with Crippen LogP contribution < -0.4 is 0 Å². The van der Waals surface area contributed by atoms with Gasteiger partial charge in [0.25, 0.3) is 0 Å². The van der Waals surface area contributed by atoms with Crippen LogP contribution in [0.5, 0.6) is 0 Å². The summed E-state index contributed by atoms with van der Waals surface area (Å²) in [7, 11) is 0. The SMILES string of the molecule is CCC(CC)(CC)C(=O)OC(COC(C)=O)COC(C)=O. The number of hydrogen-bond donors (Lipinski definition) is 0. The fourth-order valence-electron chi connectivity index (χ4n) is 2.00. The van der Waals surface area contributed by atoms with Gasteiger partial charge in [0.1, 0.15) is 13.2 Å². The van der Waals surface area contributed by atoms with E-state index >= 15 is 0 Å². The van der Waals surface area contributed by atoms with Crippen LogP contribution in [0.1, 0.15) is 53.9 Å². The Morgan fingerprint density at radius 3 is 1.52 bits per heavy atom. The molecule has 0 aromatic rings. The Hall–Kier alpha value is -1.59. The molecule has 0 saturated carbocycles. The van der Waals surface area contributed by atoms with Crippen LogP contribution in [0.4, 0.5) is 0 Å². The van der Waals surface area contributed by atoms with Crippen molar-refractivity contribution in [2.24, 2.45) is 5.41 Å². The minimum absolute atomic E-state index is 0.123. The monoisotopic (exact) mass is 302 g/mol. The maximum atomic E-state index is 12.4. The maximum absolute atomic E-state index is 12.4. The van der Waals surface area contributed by atoms with Gasteiger partial charge < -0.3 is 14.2 Å². The van der Waals surface area contributed by atoms with Crippen LogP contribution in [-0.2, 0) is 28.6 Å². The summed E-state index contributed by atoms with van der Waals surface area (Å²) in [5.74, 6) is -1.31. The van der Waals surface area contributed by atoms with Crippen LogP contribution in [0, 0.1) is 5.41 Å². The minimum Gasteiger partial charge on any atom is -0.462 e. The first kappa shape index (κ1) is 19.4. The van der Waals surface area contributed by atoms with Crippen molar-refractivity contribution in [2.75, 3.05) is 13.2 Å². The smallest absolute Gasteiger partial charge is 0.312 e. The van der Waals surface area contributed by atoms with Crippen molar-refractivity contribution in [3.63, 3.8) is 0 Å². The van der Waals surface area contributed by atoms with Gasteiger partial charge >= 0.3 is 17.9 Å². The summed E-state index contributed by atoms with van der Waals surface area (Å²) in [6.07, 6.45) is 1.20. The van der Waals surface area contributed by atoms with Crippen LogP contribution in [0.25, 0.3) is 0 Å². The summed E-state index contributed by atoms with van der Waals surface area (Å²) in [6, 6.07) is 0. The lowest BCUT2D eigenvalue weighted by molar-refractivity contribution is -0.174. The highest BCUT2D eigenvalue weighted by molar-refractivity contribution is 5.77. The van der Waals surface area contributed by atoms with Crippen molar-refractivity contribution in [1.82, 2.24) is 0 Å². The van der Waals surface area contributed by atoms with Crippen molar-refractivity contribution in [2.45, 2.75) is 60.0 Å². The summed E-state index contributed by atoms with van der Waals surface area (Å²) in [5.41, 5.74) is -0.551. The number of esters is 3. The highest BCUT2D eigenvalue weighted by Crippen LogP contribution is 2.32. The van der Waals surface area contributed by atoms with E-state index in [0.29, 0.717) is 19.3 Å². The second-order valence-electron chi connectivity index (χ2n) is 4.97. The van der Waals surface area contributed by atoms with Crippen molar-refractivity contribution in [3.8, 4) is 0 Å². The molecule has 0 bridgehead atoms. The third kappa shape index (κ3) is 6.60. The molecule has 0 aromatic heterocycles. The Bertz CT molecular complexity index is 333. The molecule has 0 spiro atoms. The molecule has 0 fully saturated rings. The summed E-state index contributed by atoms with van der Waals surface area (Å²) in [5, 5.41) is 0. The lowest BCUT2D eigenvalue weighted by Crippen LogP contribution is -2.38. The van der Waals surface area contributed by atoms with Gasteiger partial charge in [0, 0.05) is 13.8 Å². The van der Waals surface area contributed by atoms with Crippen molar-refractivity contribution < 1.29 is 28.6 Å². The molecule has 0 aliphatic rings. The predicted molar refractivity (Wildman–Crippen MR) is 76.5 cm³/mol. The van der Waals surface area contributed by atoms with E-state index in [1.807, 2.05) is 20.8 Å². The standard InChI is InChI=1S/C15H26O6/c1-6-15(7-2,8-3)14(18)21-13(9-19-11(4)16)10-20-12(5)17/h13H,6-10H2,1-5H3. The van der Waals surface area contributed by atoms with Crippen molar-refractivity contribution in [1.29, 1.82) is 0 Å². The normalized spacial score (nSPS) is 11.1. The van der Waals surface area contributed by atoms with Crippen molar-refractivity contribution >= 4 is 17.9 Å². The van der Waals surface area contributed by atoms with E-state index in [2.05, 4.69) is 0 Å². The third-order valence-electron chi connectivity index (χ3n) is 3.68. The second-order valence-corrected chi connectivity index (χ2v) is 4.97. The van der Waals surface area contributed by atoms with Gasteiger partial charge in [-0.25, -0.2) is 0 Å². The second kappa shape index (κ2) is 9.37. The molecule has 122 valence electrons. The molecule has 6 nitrogen and oxygen atoms in total. The van der Waals surface area contributed by atoms with Crippen LogP contribution in [0.2, 0.25) is 0 Å². The third-order valence-corrected chi connectivity index (χ3v) is 3.68. The zero-order valence-electron chi connectivity index (χ0n) is 13.6. The summed E-state index contributed by atoms with van der Waals surface area (Å²) >= 11 is 0. The first-order chi connectivity index (χ1) is 9.81. The number of hydrogen-bond acceptors (Lipinski definition) is 6. The molecule has 21 heavy (non-hydrogen) atoms. The van der Waals surface area contributed by atoms with Gasteiger partial charge in [0.05, 0.1) is 5.41 Å². The lowest BCUT2D eigenvalue weighted by Gasteiger charge is -2.30. The largest absolute Gasteiger partial charge is 0.462 e. The number of rotatable bonds is 9. The molecule has 0 atom stereocenters. The van der Waals surface area contributed by atoms with Crippen molar-refractivity contribution in [3.05, 3.63) is 0 Å². The fraction of sp³-hybridized carbons (Fsp3) is 0.800. The van der Waals surface area contributed by atoms with Gasteiger partial charge in [0.2, 0.25) is 0 Å². The molecule has 0 aromatic carbocycles. The van der Waals surface area contributed by atoms with Gasteiger partial charge in [-0.2, -0.15) is 0 Å². The van der Waals surface area contributed by atoms with E-state index in [-0.39, 0.29) is 19.2 Å². The van der Waals surface area contributed by atoms with Crippen LogP contribution in [0.3, 0.4) is 0 Å². The molecule has 0 aliphatic carbocycles. The summed E-state index contributed by atoms with van der Waals surface area (Å²) < 4.78 is 15.1. The molecule has 0 rings (SSSR count). The zero-order chi connectivity index (χ0) is 16.5. The average Bonchev–Trinajstić information content (AvgIpc) is 2.44. The molecular weight excluding hydrogens is 276 g/mol. The fourth-order valence-corrected chi connectivity index (χ4v) is 2.00. The Morgan fingerprint density at radius 2 is 1.24 bits per heavy atom. The highest BCUT2D eigenvalue weighted by atomic mass is 16.6. The average molecular weight is 302 g/mol. The Morgan fingerprint density at radius 1 is 0.857 bits per heavy atom. The molecule has 0 radical (unpaired) electrons. The van der Waals surface area contributed by atoms with Gasteiger partial charge in [-0.1, -0.05) is 20.8 Å². The molecule has 0 aliphatic heterocycles. The van der Waals surface area contributed by atoms with E-state index in [9.17, 15) is 14.4 Å². The van der Waals surface area contributed by atoms with E-state index < -0.39 is 23.5 Å². The quantitative estimate of drug-likeness (QED) is 0.480. The van der Waals surface area contributed by atoms with Gasteiger partial charge in [-0.05, 0) is 19.3 Å².